The molecule has 0 bridgehead atoms. The summed E-state index contributed by atoms with van der Waals surface area (Å²) in [5, 5.41) is 9.18. The number of nitriles is 1. The molecule has 0 fully saturated rings. The first kappa shape index (κ1) is 8.10. The number of benzene rings is 1. The van der Waals surface area contributed by atoms with Gasteiger partial charge in [0.2, 0.25) is 0 Å². The summed E-state index contributed by atoms with van der Waals surface area (Å²) in [5.41, 5.74) is 2.66. The fraction of sp³-hybridized carbons (Fsp3) is 0.222. The maximum Gasteiger partial charge on any atom is 0.101 e. The van der Waals surface area contributed by atoms with Crippen LogP contribution in [0.25, 0.3) is 0 Å². The lowest BCUT2D eigenvalue weighted by molar-refractivity contribution is 1.32. The molecule has 0 aliphatic rings. The van der Waals surface area contributed by atoms with Crippen molar-refractivity contribution in [3.8, 4) is 6.07 Å². The van der Waals surface area contributed by atoms with Gasteiger partial charge in [0.15, 0.2) is 0 Å². The number of nitrogens with zero attached hydrogens (tertiary/aromatic N) is 1. The number of rotatable bonds is 0. The molecule has 0 atom stereocenters. The highest BCUT2D eigenvalue weighted by atomic mass is 35.5. The molecule has 1 aromatic rings. The Labute approximate surface area is 71.2 Å². The third-order valence-electron chi connectivity index (χ3n) is 1.78. The van der Waals surface area contributed by atoms with Crippen LogP contribution in [0.4, 0.5) is 0 Å². The largest absolute Gasteiger partial charge is 0.192 e. The molecule has 1 aromatic carbocycles. The van der Waals surface area contributed by atoms with E-state index in [-0.39, 0.29) is 0 Å². The Hall–Kier alpha value is -1.00. The van der Waals surface area contributed by atoms with Gasteiger partial charge in [0.05, 0.1) is 10.6 Å². The summed E-state index contributed by atoms with van der Waals surface area (Å²) in [6.07, 6.45) is 0. The number of halogens is 1. The first-order valence-corrected chi connectivity index (χ1v) is 3.70. The highest BCUT2D eigenvalue weighted by molar-refractivity contribution is 6.32. The van der Waals surface area contributed by atoms with E-state index < -0.39 is 0 Å². The SMILES string of the molecule is Cc1ccc(C#N)c(Cl)c1C. The second kappa shape index (κ2) is 2.94. The van der Waals surface area contributed by atoms with Crippen molar-refractivity contribution in [2.75, 3.05) is 0 Å². The van der Waals surface area contributed by atoms with Crippen LogP contribution in [0.5, 0.6) is 0 Å². The van der Waals surface area contributed by atoms with Gasteiger partial charge in [-0.25, -0.2) is 0 Å². The van der Waals surface area contributed by atoms with Gasteiger partial charge in [-0.2, -0.15) is 5.26 Å². The zero-order chi connectivity index (χ0) is 8.43. The second-order valence-corrected chi connectivity index (χ2v) is 2.86. The lowest BCUT2D eigenvalue weighted by atomic mass is 10.1. The Bertz CT molecular complexity index is 323. The van der Waals surface area contributed by atoms with Gasteiger partial charge in [0, 0.05) is 0 Å². The van der Waals surface area contributed by atoms with Crippen molar-refractivity contribution < 1.29 is 0 Å². The van der Waals surface area contributed by atoms with E-state index in [9.17, 15) is 0 Å². The van der Waals surface area contributed by atoms with E-state index in [0.29, 0.717) is 10.6 Å². The molecule has 0 radical (unpaired) electrons. The van der Waals surface area contributed by atoms with Crippen LogP contribution >= 0.6 is 11.6 Å². The Morgan fingerprint density at radius 2 is 2.00 bits per heavy atom. The van der Waals surface area contributed by atoms with Crippen LogP contribution in [0.1, 0.15) is 16.7 Å². The summed E-state index contributed by atoms with van der Waals surface area (Å²) < 4.78 is 0. The zero-order valence-corrected chi connectivity index (χ0v) is 7.24. The Morgan fingerprint density at radius 1 is 1.36 bits per heavy atom. The van der Waals surface area contributed by atoms with Crippen molar-refractivity contribution in [2.24, 2.45) is 0 Å². The minimum atomic E-state index is 0.551. The van der Waals surface area contributed by atoms with Crippen LogP contribution in [-0.4, -0.2) is 0 Å². The maximum atomic E-state index is 8.60. The highest BCUT2D eigenvalue weighted by Gasteiger charge is 2.03. The van der Waals surface area contributed by atoms with Crippen molar-refractivity contribution in [1.82, 2.24) is 0 Å². The van der Waals surface area contributed by atoms with Crippen LogP contribution in [-0.2, 0) is 0 Å². The van der Waals surface area contributed by atoms with Gasteiger partial charge in [-0.1, -0.05) is 17.7 Å². The molecule has 56 valence electrons. The number of hydrogen-bond donors (Lipinski definition) is 0. The molecule has 0 aliphatic heterocycles. The van der Waals surface area contributed by atoms with Gasteiger partial charge in [0.1, 0.15) is 6.07 Å². The average molecular weight is 166 g/mol. The molecule has 0 spiro atoms. The summed E-state index contributed by atoms with van der Waals surface area (Å²) in [4.78, 5) is 0. The van der Waals surface area contributed by atoms with Crippen molar-refractivity contribution in [2.45, 2.75) is 13.8 Å². The lowest BCUT2D eigenvalue weighted by Gasteiger charge is -2.02. The summed E-state index contributed by atoms with van der Waals surface area (Å²) in [6, 6.07) is 5.67. The Balaban J connectivity index is 3.40. The molecule has 0 unspecified atom stereocenters. The van der Waals surface area contributed by atoms with E-state index in [1.54, 1.807) is 6.07 Å². The van der Waals surface area contributed by atoms with E-state index in [1.807, 2.05) is 26.0 Å². The second-order valence-electron chi connectivity index (χ2n) is 2.48. The summed E-state index contributed by atoms with van der Waals surface area (Å²) >= 11 is 5.88. The predicted octanol–water partition coefficient (Wildman–Crippen LogP) is 2.83. The van der Waals surface area contributed by atoms with E-state index in [4.69, 9.17) is 16.9 Å². The molecular weight excluding hydrogens is 158 g/mol. The fourth-order valence-electron chi connectivity index (χ4n) is 0.868. The van der Waals surface area contributed by atoms with Gasteiger partial charge in [-0.15, -0.1) is 0 Å². The molecule has 0 heterocycles. The third kappa shape index (κ3) is 1.36. The van der Waals surface area contributed by atoms with Crippen molar-refractivity contribution in [1.29, 1.82) is 5.26 Å². The zero-order valence-electron chi connectivity index (χ0n) is 6.48. The fourth-order valence-corrected chi connectivity index (χ4v) is 1.12. The van der Waals surface area contributed by atoms with Crippen LogP contribution in [0.3, 0.4) is 0 Å². The van der Waals surface area contributed by atoms with E-state index in [2.05, 4.69) is 0 Å². The molecule has 0 N–H and O–H groups in total. The molecule has 0 aromatic heterocycles. The molecule has 0 aliphatic carbocycles. The molecule has 0 saturated heterocycles. The quantitative estimate of drug-likeness (QED) is 0.580. The van der Waals surface area contributed by atoms with E-state index in [1.165, 1.54) is 0 Å². The summed E-state index contributed by atoms with van der Waals surface area (Å²) in [6.45, 7) is 3.89. The smallest absolute Gasteiger partial charge is 0.101 e. The summed E-state index contributed by atoms with van der Waals surface area (Å²) in [7, 11) is 0. The van der Waals surface area contributed by atoms with Crippen LogP contribution in [0, 0.1) is 25.2 Å². The normalized spacial score (nSPS) is 9.27. The van der Waals surface area contributed by atoms with Crippen LogP contribution in [0.15, 0.2) is 12.1 Å². The summed E-state index contributed by atoms with van der Waals surface area (Å²) in [5.74, 6) is 0. The molecule has 1 rings (SSSR count). The first-order valence-electron chi connectivity index (χ1n) is 3.32. The van der Waals surface area contributed by atoms with Crippen LogP contribution < -0.4 is 0 Å². The molecular formula is C9H8ClN. The monoisotopic (exact) mass is 165 g/mol. The molecule has 0 saturated carbocycles. The maximum absolute atomic E-state index is 8.60. The molecule has 1 nitrogen and oxygen atoms in total. The molecule has 0 amide bonds. The van der Waals surface area contributed by atoms with Crippen molar-refractivity contribution in [3.63, 3.8) is 0 Å². The highest BCUT2D eigenvalue weighted by Crippen LogP contribution is 2.22. The predicted molar refractivity (Wildman–Crippen MR) is 45.6 cm³/mol. The van der Waals surface area contributed by atoms with Gasteiger partial charge < -0.3 is 0 Å². The molecule has 2 heteroatoms. The topological polar surface area (TPSA) is 23.8 Å². The van der Waals surface area contributed by atoms with E-state index >= 15 is 0 Å². The standard InChI is InChI=1S/C9H8ClN/c1-6-3-4-8(5-11)9(10)7(6)2/h3-4H,1-2H3. The van der Waals surface area contributed by atoms with E-state index in [0.717, 1.165) is 11.1 Å². The van der Waals surface area contributed by atoms with Crippen LogP contribution in [0.2, 0.25) is 5.02 Å². The number of hydrogen-bond acceptors (Lipinski definition) is 1. The van der Waals surface area contributed by atoms with Gasteiger partial charge in [-0.3, -0.25) is 0 Å². The van der Waals surface area contributed by atoms with Crippen molar-refractivity contribution in [3.05, 3.63) is 33.8 Å². The molecule has 11 heavy (non-hydrogen) atoms. The first-order chi connectivity index (χ1) is 5.16. The van der Waals surface area contributed by atoms with Gasteiger partial charge >= 0.3 is 0 Å². The number of aryl methyl sites for hydroxylation is 1. The van der Waals surface area contributed by atoms with Gasteiger partial charge in [0.25, 0.3) is 0 Å². The third-order valence-corrected chi connectivity index (χ3v) is 2.26. The Morgan fingerprint density at radius 3 is 2.55 bits per heavy atom. The minimum Gasteiger partial charge on any atom is -0.192 e. The van der Waals surface area contributed by atoms with Gasteiger partial charge in [-0.05, 0) is 31.0 Å². The minimum absolute atomic E-state index is 0.551. The average Bonchev–Trinajstić information content (AvgIpc) is 2.01. The Kier molecular flexibility index (Phi) is 2.16. The lowest BCUT2D eigenvalue weighted by Crippen LogP contribution is -1.85. The van der Waals surface area contributed by atoms with Crippen molar-refractivity contribution >= 4 is 11.6 Å².